The van der Waals surface area contributed by atoms with E-state index in [0.717, 1.165) is 0 Å². The third kappa shape index (κ3) is 7.91. The van der Waals surface area contributed by atoms with Crippen molar-refractivity contribution < 1.29 is 29.3 Å². The number of aliphatic hydroxyl groups excluding tert-OH is 1. The molecular weight excluding hydrogens is 554 g/mol. The first-order valence-corrected chi connectivity index (χ1v) is 13.3. The van der Waals surface area contributed by atoms with Gasteiger partial charge in [-0.1, -0.05) is 17.7 Å². The highest BCUT2D eigenvalue weighted by atomic mass is 35.5. The van der Waals surface area contributed by atoms with E-state index in [1.165, 1.54) is 18.5 Å². The topological polar surface area (TPSA) is 198 Å². The van der Waals surface area contributed by atoms with Crippen molar-refractivity contribution >= 4 is 41.0 Å². The van der Waals surface area contributed by atoms with Gasteiger partial charge in [-0.3, -0.25) is 24.4 Å². The van der Waals surface area contributed by atoms with Crippen molar-refractivity contribution in [1.29, 1.82) is 5.26 Å². The molecule has 13 nitrogen and oxygen atoms in total. The summed E-state index contributed by atoms with van der Waals surface area (Å²) in [5.41, 5.74) is 0.893. The van der Waals surface area contributed by atoms with Gasteiger partial charge in [-0.15, -0.1) is 0 Å². The third-order valence-electron chi connectivity index (χ3n) is 6.79. The molecule has 216 valence electrons. The molecule has 2 atom stereocenters. The number of nitrogens with one attached hydrogen (secondary N) is 4. The Hall–Kier alpha value is -4.25. The fourth-order valence-electron chi connectivity index (χ4n) is 4.59. The van der Waals surface area contributed by atoms with Gasteiger partial charge in [-0.05, 0) is 42.2 Å². The second kappa shape index (κ2) is 13.4. The van der Waals surface area contributed by atoms with Crippen molar-refractivity contribution in [1.82, 2.24) is 20.9 Å². The summed E-state index contributed by atoms with van der Waals surface area (Å²) in [7, 11) is 0. The molecule has 1 aromatic carbocycles. The van der Waals surface area contributed by atoms with E-state index in [2.05, 4.69) is 37.3 Å². The number of guanidine groups is 1. The number of hydrogen-bond donors (Lipinski definition) is 6. The van der Waals surface area contributed by atoms with Crippen LogP contribution in [0.3, 0.4) is 0 Å². The molecule has 4 rings (SSSR count). The van der Waals surface area contributed by atoms with Crippen LogP contribution in [-0.4, -0.2) is 77.9 Å². The van der Waals surface area contributed by atoms with E-state index >= 15 is 0 Å². The molecule has 0 spiro atoms. The number of ether oxygens (including phenoxy) is 1. The molecule has 2 amide bonds. The molecule has 0 bridgehead atoms. The van der Waals surface area contributed by atoms with Crippen LogP contribution >= 0.6 is 11.6 Å². The maximum atomic E-state index is 12.8. The zero-order valence-corrected chi connectivity index (χ0v) is 22.8. The lowest BCUT2D eigenvalue weighted by molar-refractivity contribution is -0.137. The predicted molar refractivity (Wildman–Crippen MR) is 148 cm³/mol. The number of carboxylic acids is 1. The number of amides is 2. The SMILES string of the molecule is N#CC1(c2cc(Cl)cc([C@H](CC(=O)O)NC(=O)CNC(=O)c3cncc(NC4=NCC(O)CN4)c3)c2)CCOCC1. The Bertz CT molecular complexity index is 1370. The molecule has 6 N–H and O–H groups in total. The number of aromatic nitrogens is 1. The molecular formula is C27H30ClN7O6. The predicted octanol–water partition coefficient (Wildman–Crippen LogP) is 1.10. The first kappa shape index (κ1) is 29.7. The van der Waals surface area contributed by atoms with E-state index in [0.29, 0.717) is 60.4 Å². The maximum absolute atomic E-state index is 12.8. The Morgan fingerprint density at radius 2 is 2.00 bits per heavy atom. The number of anilines is 1. The molecule has 0 saturated carbocycles. The Balaban J connectivity index is 1.42. The summed E-state index contributed by atoms with van der Waals surface area (Å²) in [5.74, 6) is -1.90. The van der Waals surface area contributed by atoms with E-state index < -0.39 is 48.3 Å². The number of carbonyl (C=O) groups excluding carboxylic acids is 2. The number of aliphatic carboxylic acids is 1. The number of aliphatic hydroxyl groups is 1. The largest absolute Gasteiger partial charge is 0.481 e. The van der Waals surface area contributed by atoms with Gasteiger partial charge in [0.25, 0.3) is 5.91 Å². The van der Waals surface area contributed by atoms with Crippen LogP contribution in [0.5, 0.6) is 0 Å². The molecule has 2 aromatic rings. The van der Waals surface area contributed by atoms with Crippen molar-refractivity contribution in [3.63, 3.8) is 0 Å². The number of β-amino-alcohol motifs (C(OH)–C–C–N with tert-alkyl or cyclic N) is 1. The summed E-state index contributed by atoms with van der Waals surface area (Å²) in [6.07, 6.45) is 2.74. The Morgan fingerprint density at radius 3 is 2.68 bits per heavy atom. The average molecular weight is 584 g/mol. The highest BCUT2D eigenvalue weighted by Gasteiger charge is 2.35. The molecule has 41 heavy (non-hydrogen) atoms. The lowest BCUT2D eigenvalue weighted by Crippen LogP contribution is -2.42. The van der Waals surface area contributed by atoms with Crippen LogP contribution in [0.15, 0.2) is 41.7 Å². The molecule has 0 radical (unpaired) electrons. The molecule has 1 unspecified atom stereocenters. The van der Waals surface area contributed by atoms with Gasteiger partial charge in [0.15, 0.2) is 5.96 Å². The number of halogens is 1. The number of rotatable bonds is 9. The van der Waals surface area contributed by atoms with Gasteiger partial charge in [0, 0.05) is 31.0 Å². The molecule has 2 aliphatic rings. The second-order valence-corrected chi connectivity index (χ2v) is 10.2. The highest BCUT2D eigenvalue weighted by molar-refractivity contribution is 6.30. The molecule has 2 aliphatic heterocycles. The second-order valence-electron chi connectivity index (χ2n) is 9.79. The van der Waals surface area contributed by atoms with E-state index in [1.807, 2.05) is 0 Å². The monoisotopic (exact) mass is 583 g/mol. The van der Waals surface area contributed by atoms with Crippen molar-refractivity contribution in [2.24, 2.45) is 4.99 Å². The molecule has 1 aromatic heterocycles. The van der Waals surface area contributed by atoms with Crippen LogP contribution in [0.4, 0.5) is 5.69 Å². The number of benzene rings is 1. The van der Waals surface area contributed by atoms with Crippen LogP contribution < -0.4 is 21.3 Å². The number of nitriles is 1. The summed E-state index contributed by atoms with van der Waals surface area (Å²) in [4.78, 5) is 45.3. The molecule has 3 heterocycles. The maximum Gasteiger partial charge on any atom is 0.305 e. The van der Waals surface area contributed by atoms with Gasteiger partial charge in [0.05, 0.1) is 60.6 Å². The van der Waals surface area contributed by atoms with Crippen LogP contribution in [0.25, 0.3) is 0 Å². The van der Waals surface area contributed by atoms with Gasteiger partial charge in [-0.2, -0.15) is 5.26 Å². The van der Waals surface area contributed by atoms with Crippen LogP contribution in [-0.2, 0) is 19.7 Å². The molecule has 0 aliphatic carbocycles. The number of pyridine rings is 1. The summed E-state index contributed by atoms with van der Waals surface area (Å²) in [5, 5.41) is 40.4. The van der Waals surface area contributed by atoms with E-state index in [1.54, 1.807) is 18.2 Å². The Labute approximate surface area is 241 Å². The van der Waals surface area contributed by atoms with Crippen LogP contribution in [0.2, 0.25) is 5.02 Å². The smallest absolute Gasteiger partial charge is 0.305 e. The van der Waals surface area contributed by atoms with Gasteiger partial charge >= 0.3 is 5.97 Å². The number of hydrogen-bond acceptors (Lipinski definition) is 10. The van der Waals surface area contributed by atoms with E-state index in [4.69, 9.17) is 16.3 Å². The van der Waals surface area contributed by atoms with Crippen molar-refractivity contribution in [2.45, 2.75) is 36.8 Å². The number of nitrogens with zero attached hydrogens (tertiary/aromatic N) is 3. The number of carbonyl (C=O) groups is 3. The minimum atomic E-state index is -1.15. The summed E-state index contributed by atoms with van der Waals surface area (Å²) in [6.45, 7) is 0.975. The molecule has 14 heteroatoms. The van der Waals surface area contributed by atoms with Crippen LogP contribution in [0.1, 0.15) is 46.8 Å². The average Bonchev–Trinajstić information content (AvgIpc) is 2.96. The van der Waals surface area contributed by atoms with Gasteiger partial charge in [0.1, 0.15) is 0 Å². The van der Waals surface area contributed by atoms with Gasteiger partial charge in [-0.25, -0.2) is 0 Å². The molecule has 1 fully saturated rings. The fraction of sp³-hybridized carbons (Fsp3) is 0.407. The highest BCUT2D eigenvalue weighted by Crippen LogP contribution is 2.37. The first-order chi connectivity index (χ1) is 19.7. The quantitative estimate of drug-likeness (QED) is 0.248. The van der Waals surface area contributed by atoms with Crippen molar-refractivity contribution in [3.8, 4) is 6.07 Å². The molecule has 1 saturated heterocycles. The minimum Gasteiger partial charge on any atom is -0.481 e. The lowest BCUT2D eigenvalue weighted by atomic mass is 9.75. The number of carboxylic acid groups (broad SMARTS) is 1. The summed E-state index contributed by atoms with van der Waals surface area (Å²) < 4.78 is 5.41. The van der Waals surface area contributed by atoms with E-state index in [-0.39, 0.29) is 12.1 Å². The van der Waals surface area contributed by atoms with Crippen molar-refractivity contribution in [3.05, 3.63) is 58.4 Å². The minimum absolute atomic E-state index is 0.180. The normalized spacial score (nSPS) is 18.6. The Morgan fingerprint density at radius 1 is 1.22 bits per heavy atom. The third-order valence-corrected chi connectivity index (χ3v) is 7.01. The van der Waals surface area contributed by atoms with Gasteiger partial charge in [0.2, 0.25) is 5.91 Å². The zero-order valence-electron chi connectivity index (χ0n) is 22.0. The van der Waals surface area contributed by atoms with Gasteiger partial charge < -0.3 is 36.2 Å². The van der Waals surface area contributed by atoms with Crippen molar-refractivity contribution in [2.75, 3.05) is 38.2 Å². The lowest BCUT2D eigenvalue weighted by Gasteiger charge is -2.32. The van der Waals surface area contributed by atoms with E-state index in [9.17, 15) is 29.9 Å². The Kier molecular flexibility index (Phi) is 9.72. The summed E-state index contributed by atoms with van der Waals surface area (Å²) in [6, 6.07) is 7.86. The zero-order chi connectivity index (χ0) is 29.4. The standard InChI is InChI=1S/C27H30ClN7O6/c28-19-6-16(5-18(8-19)27(15-29)1-3-41-4-2-27)22(9-24(38)39)35-23(37)14-31-25(40)17-7-20(11-30-10-17)34-26-32-12-21(36)13-33-26/h5-8,10-11,21-22,36H,1-4,9,12-14H2,(H,31,40)(H,35,37)(H,38,39)(H2,32,33,34)/t22-/m0/s1. The summed E-state index contributed by atoms with van der Waals surface area (Å²) >= 11 is 6.37. The van der Waals surface area contributed by atoms with Crippen LogP contribution in [0, 0.1) is 11.3 Å². The number of aliphatic imine (C=N–C) groups is 1. The first-order valence-electron chi connectivity index (χ1n) is 13.0. The fourth-order valence-corrected chi connectivity index (χ4v) is 4.84.